The van der Waals surface area contributed by atoms with Gasteiger partial charge in [-0.1, -0.05) is 0 Å². The molecule has 2 saturated heterocycles. The van der Waals surface area contributed by atoms with Crippen molar-refractivity contribution in [1.29, 1.82) is 0 Å². The molecular formula is C14H16N2O2. The molecule has 0 spiro atoms. The van der Waals surface area contributed by atoms with Gasteiger partial charge in [-0.15, -0.1) is 0 Å². The van der Waals surface area contributed by atoms with Crippen molar-refractivity contribution in [1.82, 2.24) is 0 Å². The van der Waals surface area contributed by atoms with E-state index in [9.17, 15) is 9.59 Å². The molecule has 2 aliphatic rings. The Morgan fingerprint density at radius 2 is 1.67 bits per heavy atom. The number of ketones is 1. The quantitative estimate of drug-likeness (QED) is 0.857. The Labute approximate surface area is 106 Å². The van der Waals surface area contributed by atoms with Crippen LogP contribution in [0.15, 0.2) is 24.3 Å². The van der Waals surface area contributed by atoms with Crippen LogP contribution in [0.5, 0.6) is 0 Å². The standard InChI is InChI=1S/C14H16N2O2/c15-14(18)9-1-3-10(4-2-9)16-11-5-6-12(16)8-13(17)7-11/h1-4,11-12H,5-8H2,(H2,15,18). The van der Waals surface area contributed by atoms with Crippen LogP contribution in [0, 0.1) is 0 Å². The summed E-state index contributed by atoms with van der Waals surface area (Å²) in [6.45, 7) is 0. The molecule has 1 aromatic rings. The second kappa shape index (κ2) is 4.12. The number of anilines is 1. The second-order valence-corrected chi connectivity index (χ2v) is 5.15. The Kier molecular flexibility index (Phi) is 2.58. The summed E-state index contributed by atoms with van der Waals surface area (Å²) in [7, 11) is 0. The van der Waals surface area contributed by atoms with Gasteiger partial charge in [0.1, 0.15) is 5.78 Å². The summed E-state index contributed by atoms with van der Waals surface area (Å²) in [4.78, 5) is 24.9. The molecule has 3 rings (SSSR count). The molecule has 4 nitrogen and oxygen atoms in total. The molecule has 1 amide bonds. The van der Waals surface area contributed by atoms with Crippen molar-refractivity contribution in [3.8, 4) is 0 Å². The van der Waals surface area contributed by atoms with Crippen molar-refractivity contribution in [2.75, 3.05) is 4.90 Å². The van der Waals surface area contributed by atoms with Gasteiger partial charge < -0.3 is 10.6 Å². The monoisotopic (exact) mass is 244 g/mol. The predicted octanol–water partition coefficient (Wildman–Crippen LogP) is 1.49. The molecule has 0 aliphatic carbocycles. The molecule has 2 atom stereocenters. The van der Waals surface area contributed by atoms with E-state index in [1.165, 1.54) is 0 Å². The number of rotatable bonds is 2. The lowest BCUT2D eigenvalue weighted by molar-refractivity contribution is -0.120. The maximum absolute atomic E-state index is 11.6. The SMILES string of the molecule is NC(=O)c1ccc(N2C3CCC2CC(=O)C3)cc1. The van der Waals surface area contributed by atoms with Crippen LogP contribution in [-0.4, -0.2) is 23.8 Å². The fraction of sp³-hybridized carbons (Fsp3) is 0.429. The number of benzene rings is 1. The first kappa shape index (κ1) is 11.3. The third kappa shape index (κ3) is 1.78. The fourth-order valence-electron chi connectivity index (χ4n) is 3.19. The van der Waals surface area contributed by atoms with Crippen LogP contribution in [0.1, 0.15) is 36.0 Å². The highest BCUT2D eigenvalue weighted by molar-refractivity contribution is 5.93. The predicted molar refractivity (Wildman–Crippen MR) is 68.5 cm³/mol. The van der Waals surface area contributed by atoms with E-state index in [4.69, 9.17) is 5.73 Å². The van der Waals surface area contributed by atoms with Crippen LogP contribution in [0.4, 0.5) is 5.69 Å². The van der Waals surface area contributed by atoms with Gasteiger partial charge in [-0.2, -0.15) is 0 Å². The Morgan fingerprint density at radius 1 is 1.11 bits per heavy atom. The van der Waals surface area contributed by atoms with Crippen LogP contribution < -0.4 is 10.6 Å². The van der Waals surface area contributed by atoms with Crippen molar-refractivity contribution >= 4 is 17.4 Å². The number of hydrogen-bond acceptors (Lipinski definition) is 3. The van der Waals surface area contributed by atoms with E-state index in [0.717, 1.165) is 18.5 Å². The number of primary amides is 1. The summed E-state index contributed by atoms with van der Waals surface area (Å²) in [6.07, 6.45) is 3.50. The minimum Gasteiger partial charge on any atom is -0.366 e. The van der Waals surface area contributed by atoms with E-state index in [0.29, 0.717) is 36.3 Å². The molecule has 4 heteroatoms. The topological polar surface area (TPSA) is 63.4 Å². The summed E-state index contributed by atoms with van der Waals surface area (Å²) in [5, 5.41) is 0. The van der Waals surface area contributed by atoms with Gasteiger partial charge in [0.2, 0.25) is 5.91 Å². The summed E-state index contributed by atoms with van der Waals surface area (Å²) < 4.78 is 0. The van der Waals surface area contributed by atoms with Gasteiger partial charge in [-0.25, -0.2) is 0 Å². The lowest BCUT2D eigenvalue weighted by atomic mass is 10.0. The zero-order chi connectivity index (χ0) is 12.7. The van der Waals surface area contributed by atoms with Crippen molar-refractivity contribution in [3.05, 3.63) is 29.8 Å². The Bertz CT molecular complexity index is 479. The summed E-state index contributed by atoms with van der Waals surface area (Å²) in [5.41, 5.74) is 6.85. The van der Waals surface area contributed by atoms with E-state index >= 15 is 0 Å². The number of Topliss-reactive ketones (excluding diaryl/α,β-unsaturated/α-hetero) is 1. The van der Waals surface area contributed by atoms with Crippen molar-refractivity contribution < 1.29 is 9.59 Å². The first-order chi connectivity index (χ1) is 8.65. The number of carbonyl (C=O) groups is 2. The van der Waals surface area contributed by atoms with E-state index in [1.54, 1.807) is 12.1 Å². The van der Waals surface area contributed by atoms with Crippen molar-refractivity contribution in [3.63, 3.8) is 0 Å². The summed E-state index contributed by atoms with van der Waals surface area (Å²) in [5.74, 6) is -0.0224. The zero-order valence-electron chi connectivity index (χ0n) is 10.1. The number of amides is 1. The zero-order valence-corrected chi connectivity index (χ0v) is 10.1. The number of carbonyl (C=O) groups excluding carboxylic acids is 2. The molecule has 0 radical (unpaired) electrons. The maximum atomic E-state index is 11.6. The lowest BCUT2D eigenvalue weighted by Gasteiger charge is -2.36. The van der Waals surface area contributed by atoms with Crippen LogP contribution in [-0.2, 0) is 4.79 Å². The first-order valence-electron chi connectivity index (χ1n) is 6.35. The van der Waals surface area contributed by atoms with Gasteiger partial charge in [-0.3, -0.25) is 9.59 Å². The molecule has 2 fully saturated rings. The molecule has 0 aromatic heterocycles. The van der Waals surface area contributed by atoms with Gasteiger partial charge in [0.15, 0.2) is 0 Å². The smallest absolute Gasteiger partial charge is 0.248 e. The summed E-state index contributed by atoms with van der Waals surface area (Å²) in [6, 6.07) is 8.06. The number of fused-ring (bicyclic) bond motifs is 2. The highest BCUT2D eigenvalue weighted by Crippen LogP contribution is 2.37. The van der Waals surface area contributed by atoms with Gasteiger partial charge in [0.25, 0.3) is 0 Å². The molecular weight excluding hydrogens is 228 g/mol. The van der Waals surface area contributed by atoms with E-state index in [2.05, 4.69) is 4.90 Å². The average molecular weight is 244 g/mol. The van der Waals surface area contributed by atoms with Gasteiger partial charge in [-0.05, 0) is 37.1 Å². The molecule has 2 heterocycles. The maximum Gasteiger partial charge on any atom is 0.248 e. The molecule has 18 heavy (non-hydrogen) atoms. The second-order valence-electron chi connectivity index (χ2n) is 5.15. The molecule has 2 N–H and O–H groups in total. The van der Waals surface area contributed by atoms with E-state index in [1.807, 2.05) is 12.1 Å². The molecule has 0 saturated carbocycles. The summed E-state index contributed by atoms with van der Waals surface area (Å²) >= 11 is 0. The fourth-order valence-corrected chi connectivity index (χ4v) is 3.19. The number of nitrogens with two attached hydrogens (primary N) is 1. The van der Waals surface area contributed by atoms with Crippen LogP contribution in [0.2, 0.25) is 0 Å². The average Bonchev–Trinajstić information content (AvgIpc) is 2.62. The molecule has 2 bridgehead atoms. The minimum atomic E-state index is -0.404. The van der Waals surface area contributed by atoms with Crippen LogP contribution in [0.3, 0.4) is 0 Å². The molecule has 94 valence electrons. The number of hydrogen-bond donors (Lipinski definition) is 1. The highest BCUT2D eigenvalue weighted by Gasteiger charge is 2.39. The highest BCUT2D eigenvalue weighted by atomic mass is 16.1. The third-order valence-corrected chi connectivity index (χ3v) is 4.00. The van der Waals surface area contributed by atoms with Gasteiger partial charge in [0.05, 0.1) is 0 Å². The molecule has 2 unspecified atom stereocenters. The minimum absolute atomic E-state index is 0.343. The van der Waals surface area contributed by atoms with Crippen LogP contribution in [0.25, 0.3) is 0 Å². The van der Waals surface area contributed by atoms with Crippen molar-refractivity contribution in [2.24, 2.45) is 5.73 Å². The van der Waals surface area contributed by atoms with Crippen molar-refractivity contribution in [2.45, 2.75) is 37.8 Å². The number of nitrogens with zero attached hydrogens (tertiary/aromatic N) is 1. The van der Waals surface area contributed by atoms with Crippen LogP contribution >= 0.6 is 0 Å². The Balaban J connectivity index is 1.87. The lowest BCUT2D eigenvalue weighted by Crippen LogP contribution is -2.43. The van der Waals surface area contributed by atoms with Gasteiger partial charge in [0, 0.05) is 36.2 Å². The first-order valence-corrected chi connectivity index (χ1v) is 6.35. The normalized spacial score (nSPS) is 26.4. The van der Waals surface area contributed by atoms with Gasteiger partial charge >= 0.3 is 0 Å². The molecule has 1 aromatic carbocycles. The number of piperidine rings is 1. The molecule has 2 aliphatic heterocycles. The van der Waals surface area contributed by atoms with E-state index in [-0.39, 0.29) is 0 Å². The Hall–Kier alpha value is -1.84. The third-order valence-electron chi connectivity index (χ3n) is 4.00. The largest absolute Gasteiger partial charge is 0.366 e. The van der Waals surface area contributed by atoms with E-state index < -0.39 is 5.91 Å². The Morgan fingerprint density at radius 3 is 2.17 bits per heavy atom.